The molecule has 18 heavy (non-hydrogen) atoms. The van der Waals surface area contributed by atoms with Gasteiger partial charge in [-0.05, 0) is 25.1 Å². The molecule has 1 atom stereocenters. The van der Waals surface area contributed by atoms with Crippen LogP contribution >= 0.6 is 24.0 Å². The second-order valence-electron chi connectivity index (χ2n) is 4.18. The Morgan fingerprint density at radius 2 is 2.28 bits per heavy atom. The number of rotatable bonds is 1. The Bertz CT molecular complexity index is 442. The summed E-state index contributed by atoms with van der Waals surface area (Å²) in [6.45, 7) is 4.02. The predicted molar refractivity (Wildman–Crippen MR) is 72.0 cm³/mol. The molecule has 0 bridgehead atoms. The third-order valence-electron chi connectivity index (χ3n) is 2.92. The van der Waals surface area contributed by atoms with Crippen molar-refractivity contribution >= 4 is 29.9 Å². The molecule has 0 aromatic heterocycles. The lowest BCUT2D eigenvalue weighted by molar-refractivity contribution is 0.0651. The smallest absolute Gasteiger partial charge is 0.257 e. The van der Waals surface area contributed by atoms with E-state index >= 15 is 0 Å². The van der Waals surface area contributed by atoms with Crippen molar-refractivity contribution in [3.63, 3.8) is 0 Å². The van der Waals surface area contributed by atoms with Crippen molar-refractivity contribution in [1.29, 1.82) is 0 Å². The van der Waals surface area contributed by atoms with Crippen LogP contribution in [-0.2, 0) is 0 Å². The molecule has 1 aliphatic rings. The van der Waals surface area contributed by atoms with Crippen LogP contribution in [0.3, 0.4) is 0 Å². The van der Waals surface area contributed by atoms with E-state index < -0.39 is 5.82 Å². The van der Waals surface area contributed by atoms with Gasteiger partial charge in [0.05, 0.1) is 5.56 Å². The number of nitrogens with one attached hydrogen (secondary N) is 1. The van der Waals surface area contributed by atoms with Gasteiger partial charge in [-0.2, -0.15) is 0 Å². The van der Waals surface area contributed by atoms with E-state index in [2.05, 4.69) is 5.32 Å². The van der Waals surface area contributed by atoms with Crippen LogP contribution in [0.5, 0.6) is 0 Å². The number of halogens is 3. The highest BCUT2D eigenvalue weighted by molar-refractivity contribution is 6.30. The van der Waals surface area contributed by atoms with Gasteiger partial charge >= 0.3 is 0 Å². The summed E-state index contributed by atoms with van der Waals surface area (Å²) >= 11 is 5.66. The largest absolute Gasteiger partial charge is 0.333 e. The number of piperazine rings is 1. The van der Waals surface area contributed by atoms with E-state index in [4.69, 9.17) is 11.6 Å². The summed E-state index contributed by atoms with van der Waals surface area (Å²) in [4.78, 5) is 13.8. The molecule has 1 unspecified atom stereocenters. The standard InChI is InChI=1S/C12H14ClFN2O.ClH/c1-8-7-15-4-5-16(8)12(17)10-3-2-9(13)6-11(10)14;/h2-3,6,8,15H,4-5,7H2,1H3;1H. The highest BCUT2D eigenvalue weighted by Crippen LogP contribution is 2.17. The Morgan fingerprint density at radius 1 is 1.56 bits per heavy atom. The lowest BCUT2D eigenvalue weighted by Gasteiger charge is -2.34. The van der Waals surface area contributed by atoms with Gasteiger partial charge in [-0.15, -0.1) is 12.4 Å². The summed E-state index contributed by atoms with van der Waals surface area (Å²) < 4.78 is 13.6. The summed E-state index contributed by atoms with van der Waals surface area (Å²) in [6.07, 6.45) is 0. The minimum absolute atomic E-state index is 0. The molecule has 1 aliphatic heterocycles. The van der Waals surface area contributed by atoms with Crippen LogP contribution in [0, 0.1) is 5.82 Å². The SMILES string of the molecule is CC1CNCCN1C(=O)c1ccc(Cl)cc1F.Cl. The fourth-order valence-corrected chi connectivity index (χ4v) is 2.12. The number of carbonyl (C=O) groups is 1. The van der Waals surface area contributed by atoms with E-state index in [9.17, 15) is 9.18 Å². The molecule has 1 aromatic carbocycles. The molecule has 0 aliphatic carbocycles. The van der Waals surface area contributed by atoms with Crippen molar-refractivity contribution < 1.29 is 9.18 Å². The minimum Gasteiger partial charge on any atom is -0.333 e. The Morgan fingerprint density at radius 3 is 2.89 bits per heavy atom. The van der Waals surface area contributed by atoms with Crippen LogP contribution in [0.15, 0.2) is 18.2 Å². The first kappa shape index (κ1) is 15.2. The first-order valence-electron chi connectivity index (χ1n) is 5.56. The van der Waals surface area contributed by atoms with E-state index in [1.807, 2.05) is 6.92 Å². The Labute approximate surface area is 117 Å². The minimum atomic E-state index is -0.562. The maximum Gasteiger partial charge on any atom is 0.257 e. The third kappa shape index (κ3) is 3.13. The molecule has 1 aromatic rings. The molecule has 1 saturated heterocycles. The maximum absolute atomic E-state index is 13.6. The molecule has 1 heterocycles. The highest BCUT2D eigenvalue weighted by atomic mass is 35.5. The summed E-state index contributed by atoms with van der Waals surface area (Å²) in [5, 5.41) is 3.48. The molecule has 1 fully saturated rings. The number of carbonyl (C=O) groups excluding carboxylic acids is 1. The molecular formula is C12H15Cl2FN2O. The monoisotopic (exact) mass is 292 g/mol. The lowest BCUT2D eigenvalue weighted by Crippen LogP contribution is -2.52. The highest BCUT2D eigenvalue weighted by Gasteiger charge is 2.25. The van der Waals surface area contributed by atoms with Crippen molar-refractivity contribution in [1.82, 2.24) is 10.2 Å². The van der Waals surface area contributed by atoms with Gasteiger partial charge in [0.1, 0.15) is 5.82 Å². The zero-order chi connectivity index (χ0) is 12.4. The van der Waals surface area contributed by atoms with Crippen LogP contribution in [0.4, 0.5) is 4.39 Å². The fraction of sp³-hybridized carbons (Fsp3) is 0.417. The van der Waals surface area contributed by atoms with E-state index in [0.717, 1.165) is 13.1 Å². The average Bonchev–Trinajstić information content (AvgIpc) is 2.29. The molecule has 0 saturated carbocycles. The van der Waals surface area contributed by atoms with Crippen molar-refractivity contribution in [3.05, 3.63) is 34.6 Å². The van der Waals surface area contributed by atoms with Crippen LogP contribution in [0.1, 0.15) is 17.3 Å². The molecule has 100 valence electrons. The van der Waals surface area contributed by atoms with E-state index in [1.165, 1.54) is 18.2 Å². The van der Waals surface area contributed by atoms with Gasteiger partial charge in [0.15, 0.2) is 0 Å². The van der Waals surface area contributed by atoms with Gasteiger partial charge in [0, 0.05) is 30.7 Å². The van der Waals surface area contributed by atoms with Crippen molar-refractivity contribution in [2.45, 2.75) is 13.0 Å². The number of hydrogen-bond acceptors (Lipinski definition) is 2. The Kier molecular flexibility index (Phi) is 5.38. The van der Waals surface area contributed by atoms with Crippen LogP contribution in [0.25, 0.3) is 0 Å². The maximum atomic E-state index is 13.6. The summed E-state index contributed by atoms with van der Waals surface area (Å²) in [5.74, 6) is -0.832. The second kappa shape index (κ2) is 6.36. The first-order valence-corrected chi connectivity index (χ1v) is 5.94. The third-order valence-corrected chi connectivity index (χ3v) is 3.16. The Balaban J connectivity index is 0.00000162. The molecular weight excluding hydrogens is 278 g/mol. The van der Waals surface area contributed by atoms with Crippen molar-refractivity contribution in [3.8, 4) is 0 Å². The van der Waals surface area contributed by atoms with E-state index in [-0.39, 0.29) is 29.9 Å². The van der Waals surface area contributed by atoms with Gasteiger partial charge in [0.2, 0.25) is 0 Å². The molecule has 6 heteroatoms. The van der Waals surface area contributed by atoms with E-state index in [1.54, 1.807) is 4.90 Å². The quantitative estimate of drug-likeness (QED) is 0.862. The average molecular weight is 293 g/mol. The van der Waals surface area contributed by atoms with E-state index in [0.29, 0.717) is 11.6 Å². The topological polar surface area (TPSA) is 32.3 Å². The number of benzene rings is 1. The first-order chi connectivity index (χ1) is 8.09. The van der Waals surface area contributed by atoms with Crippen LogP contribution in [-0.4, -0.2) is 36.5 Å². The predicted octanol–water partition coefficient (Wildman–Crippen LogP) is 2.33. The van der Waals surface area contributed by atoms with Crippen LogP contribution < -0.4 is 5.32 Å². The summed E-state index contributed by atoms with van der Waals surface area (Å²) in [5.41, 5.74) is 0.0863. The lowest BCUT2D eigenvalue weighted by atomic mass is 10.1. The summed E-state index contributed by atoms with van der Waals surface area (Å²) in [7, 11) is 0. The zero-order valence-electron chi connectivity index (χ0n) is 9.95. The fourth-order valence-electron chi connectivity index (χ4n) is 1.96. The molecule has 2 rings (SSSR count). The molecule has 0 spiro atoms. The van der Waals surface area contributed by atoms with Gasteiger partial charge < -0.3 is 10.2 Å². The van der Waals surface area contributed by atoms with Gasteiger partial charge in [0.25, 0.3) is 5.91 Å². The number of amides is 1. The second-order valence-corrected chi connectivity index (χ2v) is 4.61. The zero-order valence-corrected chi connectivity index (χ0v) is 11.5. The number of hydrogen-bond donors (Lipinski definition) is 1. The summed E-state index contributed by atoms with van der Waals surface area (Å²) in [6, 6.07) is 4.22. The van der Waals surface area contributed by atoms with Gasteiger partial charge in [-0.1, -0.05) is 11.6 Å². The van der Waals surface area contributed by atoms with Crippen molar-refractivity contribution in [2.75, 3.05) is 19.6 Å². The normalized spacial score (nSPS) is 19.3. The molecule has 0 radical (unpaired) electrons. The number of nitrogens with zero attached hydrogens (tertiary/aromatic N) is 1. The van der Waals surface area contributed by atoms with Gasteiger partial charge in [-0.3, -0.25) is 4.79 Å². The molecule has 3 nitrogen and oxygen atoms in total. The van der Waals surface area contributed by atoms with Crippen LogP contribution in [0.2, 0.25) is 5.02 Å². The van der Waals surface area contributed by atoms with Gasteiger partial charge in [-0.25, -0.2) is 4.39 Å². The Hall–Kier alpha value is -0.840. The van der Waals surface area contributed by atoms with Crippen molar-refractivity contribution in [2.24, 2.45) is 0 Å². The molecule has 1 N–H and O–H groups in total. The molecule has 1 amide bonds.